The largest absolute Gasteiger partial charge is 0.478 e. The average molecular weight is 460 g/mol. The highest BCUT2D eigenvalue weighted by molar-refractivity contribution is 5.95. The van der Waals surface area contributed by atoms with Gasteiger partial charge in [0, 0.05) is 12.1 Å². The van der Waals surface area contributed by atoms with Crippen LogP contribution in [0.5, 0.6) is 17.2 Å². The Kier molecular flexibility index (Phi) is 6.33. The van der Waals surface area contributed by atoms with Gasteiger partial charge in [-0.15, -0.1) is 0 Å². The monoisotopic (exact) mass is 459 g/mol. The number of carbonyl (C=O) groups is 2. The summed E-state index contributed by atoms with van der Waals surface area (Å²) >= 11 is 0. The van der Waals surface area contributed by atoms with Gasteiger partial charge < -0.3 is 19.5 Å². The molecule has 3 aromatic carbocycles. The first-order chi connectivity index (χ1) is 16.2. The fraction of sp³-hybridized carbons (Fsp3) is 0.286. The number of ether oxygens (including phenoxy) is 2. The highest BCUT2D eigenvalue weighted by Crippen LogP contribution is 2.32. The van der Waals surface area contributed by atoms with Crippen molar-refractivity contribution in [1.29, 1.82) is 0 Å². The zero-order valence-electron chi connectivity index (χ0n) is 19.9. The van der Waals surface area contributed by atoms with Crippen LogP contribution in [0.25, 0.3) is 0 Å². The van der Waals surface area contributed by atoms with Crippen molar-refractivity contribution in [2.45, 2.75) is 45.8 Å². The summed E-state index contributed by atoms with van der Waals surface area (Å²) < 4.78 is 11.7. The topological polar surface area (TPSA) is 76.1 Å². The number of aryl methyl sites for hydroxylation is 1. The van der Waals surface area contributed by atoms with Gasteiger partial charge in [0.25, 0.3) is 5.91 Å². The molecule has 1 aliphatic rings. The van der Waals surface area contributed by atoms with E-state index in [2.05, 4.69) is 19.1 Å². The standard InChI is InChI=1S/C28H29NO5/c1-18-16-23(12-13-25(18)34-28(3,4)27(31)32)33-22-10-7-9-21(17-22)26(30)29-15-14-20-8-5-6-11-24(20)19(29)2/h5-13,16-17,19H,14-15H2,1-4H3,(H,31,32). The lowest BCUT2D eigenvalue weighted by Gasteiger charge is -2.35. The Morgan fingerprint density at radius 2 is 1.74 bits per heavy atom. The lowest BCUT2D eigenvalue weighted by Crippen LogP contribution is -2.38. The third-order valence-corrected chi connectivity index (χ3v) is 6.20. The second-order valence-corrected chi connectivity index (χ2v) is 9.10. The minimum absolute atomic E-state index is 0.00673. The van der Waals surface area contributed by atoms with Crippen LogP contribution in [0.4, 0.5) is 0 Å². The number of amides is 1. The van der Waals surface area contributed by atoms with Crippen molar-refractivity contribution in [1.82, 2.24) is 4.90 Å². The van der Waals surface area contributed by atoms with Gasteiger partial charge in [-0.2, -0.15) is 0 Å². The molecule has 0 bridgehead atoms. The van der Waals surface area contributed by atoms with Crippen LogP contribution >= 0.6 is 0 Å². The number of benzene rings is 3. The quantitative estimate of drug-likeness (QED) is 0.505. The van der Waals surface area contributed by atoms with Gasteiger partial charge in [0.15, 0.2) is 5.60 Å². The molecule has 4 rings (SSSR count). The van der Waals surface area contributed by atoms with Crippen molar-refractivity contribution < 1.29 is 24.2 Å². The van der Waals surface area contributed by atoms with Crippen molar-refractivity contribution in [2.75, 3.05) is 6.54 Å². The zero-order chi connectivity index (χ0) is 24.5. The first-order valence-electron chi connectivity index (χ1n) is 11.4. The Morgan fingerprint density at radius 3 is 2.47 bits per heavy atom. The first-order valence-corrected chi connectivity index (χ1v) is 11.4. The number of rotatable bonds is 6. The number of hydrogen-bond acceptors (Lipinski definition) is 4. The average Bonchev–Trinajstić information content (AvgIpc) is 2.81. The smallest absolute Gasteiger partial charge is 0.347 e. The van der Waals surface area contributed by atoms with E-state index in [1.54, 1.807) is 36.4 Å². The first kappa shape index (κ1) is 23.4. The lowest BCUT2D eigenvalue weighted by molar-refractivity contribution is -0.152. The number of carbonyl (C=O) groups excluding carboxylic acids is 1. The minimum Gasteiger partial charge on any atom is -0.478 e. The Balaban J connectivity index is 1.50. The molecule has 0 saturated heterocycles. The summed E-state index contributed by atoms with van der Waals surface area (Å²) in [4.78, 5) is 26.6. The molecule has 34 heavy (non-hydrogen) atoms. The van der Waals surface area contributed by atoms with E-state index in [1.165, 1.54) is 25.0 Å². The summed E-state index contributed by atoms with van der Waals surface area (Å²) in [5.41, 5.74) is 2.47. The fourth-order valence-electron chi connectivity index (χ4n) is 4.16. The summed E-state index contributed by atoms with van der Waals surface area (Å²) in [5.74, 6) is 0.532. The third-order valence-electron chi connectivity index (χ3n) is 6.20. The van der Waals surface area contributed by atoms with E-state index in [0.29, 0.717) is 29.4 Å². The van der Waals surface area contributed by atoms with Gasteiger partial charge in [0.1, 0.15) is 17.2 Å². The van der Waals surface area contributed by atoms with E-state index >= 15 is 0 Å². The van der Waals surface area contributed by atoms with Crippen molar-refractivity contribution in [3.63, 3.8) is 0 Å². The number of aliphatic carboxylic acids is 1. The van der Waals surface area contributed by atoms with Crippen LogP contribution in [0.1, 0.15) is 53.9 Å². The van der Waals surface area contributed by atoms with Crippen LogP contribution in [0.15, 0.2) is 66.7 Å². The molecule has 6 heteroatoms. The van der Waals surface area contributed by atoms with Gasteiger partial charge in [-0.05, 0) is 87.2 Å². The minimum atomic E-state index is -1.34. The van der Waals surface area contributed by atoms with E-state index < -0.39 is 11.6 Å². The van der Waals surface area contributed by atoms with Crippen molar-refractivity contribution in [3.05, 3.63) is 89.0 Å². The fourth-order valence-corrected chi connectivity index (χ4v) is 4.16. The summed E-state index contributed by atoms with van der Waals surface area (Å²) in [6, 6.07) is 20.6. The number of fused-ring (bicyclic) bond motifs is 1. The molecule has 0 radical (unpaired) electrons. The molecular weight excluding hydrogens is 430 g/mol. The van der Waals surface area contributed by atoms with Gasteiger partial charge in [-0.1, -0.05) is 30.3 Å². The Labute approximate surface area is 199 Å². The Bertz CT molecular complexity index is 1230. The molecule has 0 aliphatic carbocycles. The van der Waals surface area contributed by atoms with E-state index in [1.807, 2.05) is 30.0 Å². The normalized spacial score (nSPS) is 15.4. The van der Waals surface area contributed by atoms with Crippen LogP contribution in [0.3, 0.4) is 0 Å². The highest BCUT2D eigenvalue weighted by atomic mass is 16.5. The molecule has 3 aromatic rings. The number of carboxylic acid groups (broad SMARTS) is 1. The Hall–Kier alpha value is -3.80. The molecule has 1 heterocycles. The van der Waals surface area contributed by atoms with Crippen molar-refractivity contribution in [3.8, 4) is 17.2 Å². The number of hydrogen-bond donors (Lipinski definition) is 1. The van der Waals surface area contributed by atoms with Gasteiger partial charge >= 0.3 is 5.97 Å². The van der Waals surface area contributed by atoms with Gasteiger partial charge in [0.05, 0.1) is 6.04 Å². The van der Waals surface area contributed by atoms with Gasteiger partial charge in [0.2, 0.25) is 0 Å². The van der Waals surface area contributed by atoms with E-state index in [0.717, 1.165) is 12.0 Å². The van der Waals surface area contributed by atoms with E-state index in [9.17, 15) is 14.7 Å². The predicted molar refractivity (Wildman–Crippen MR) is 130 cm³/mol. The molecule has 1 amide bonds. The molecule has 6 nitrogen and oxygen atoms in total. The molecule has 0 saturated carbocycles. The van der Waals surface area contributed by atoms with Gasteiger partial charge in [-0.3, -0.25) is 4.79 Å². The SMILES string of the molecule is Cc1cc(Oc2cccc(C(=O)N3CCc4ccccc4C3C)c2)ccc1OC(C)(C)C(=O)O. The van der Waals surface area contributed by atoms with E-state index in [4.69, 9.17) is 9.47 Å². The maximum atomic E-state index is 13.3. The molecule has 1 unspecified atom stereocenters. The molecular formula is C28H29NO5. The van der Waals surface area contributed by atoms with Crippen molar-refractivity contribution >= 4 is 11.9 Å². The summed E-state index contributed by atoms with van der Waals surface area (Å²) in [7, 11) is 0. The maximum Gasteiger partial charge on any atom is 0.347 e. The van der Waals surface area contributed by atoms with Crippen LogP contribution in [-0.4, -0.2) is 34.0 Å². The second-order valence-electron chi connectivity index (χ2n) is 9.10. The van der Waals surface area contributed by atoms with Crippen LogP contribution < -0.4 is 9.47 Å². The summed E-state index contributed by atoms with van der Waals surface area (Å²) in [5, 5.41) is 9.29. The van der Waals surface area contributed by atoms with Crippen LogP contribution in [-0.2, 0) is 11.2 Å². The molecule has 0 fully saturated rings. The number of nitrogens with zero attached hydrogens (tertiary/aromatic N) is 1. The molecule has 1 N–H and O–H groups in total. The maximum absolute atomic E-state index is 13.3. The van der Waals surface area contributed by atoms with Gasteiger partial charge in [-0.25, -0.2) is 4.79 Å². The highest BCUT2D eigenvalue weighted by Gasteiger charge is 2.30. The Morgan fingerprint density at radius 1 is 1.00 bits per heavy atom. The summed E-state index contributed by atoms with van der Waals surface area (Å²) in [6.45, 7) is 7.58. The molecule has 1 atom stereocenters. The third kappa shape index (κ3) is 4.76. The zero-order valence-corrected chi connectivity index (χ0v) is 19.9. The molecule has 1 aliphatic heterocycles. The number of carboxylic acids is 1. The molecule has 0 spiro atoms. The van der Waals surface area contributed by atoms with Crippen LogP contribution in [0, 0.1) is 6.92 Å². The van der Waals surface area contributed by atoms with Crippen molar-refractivity contribution in [2.24, 2.45) is 0 Å². The molecule has 176 valence electrons. The van der Waals surface area contributed by atoms with Crippen LogP contribution in [0.2, 0.25) is 0 Å². The molecule has 0 aromatic heterocycles. The lowest BCUT2D eigenvalue weighted by atomic mass is 9.93. The second kappa shape index (κ2) is 9.21. The summed E-state index contributed by atoms with van der Waals surface area (Å²) in [6.07, 6.45) is 0.842. The van der Waals surface area contributed by atoms with E-state index in [-0.39, 0.29) is 11.9 Å². The predicted octanol–water partition coefficient (Wildman–Crippen LogP) is 5.79.